The van der Waals surface area contributed by atoms with Crippen LogP contribution in [0.15, 0.2) is 67.0 Å². The van der Waals surface area contributed by atoms with Gasteiger partial charge in [0.15, 0.2) is 0 Å². The van der Waals surface area contributed by atoms with Gasteiger partial charge >= 0.3 is 0 Å². The molecule has 1 saturated heterocycles. The van der Waals surface area contributed by atoms with Gasteiger partial charge in [-0.2, -0.15) is 0 Å². The van der Waals surface area contributed by atoms with Crippen LogP contribution in [0, 0.1) is 9.39 Å². The van der Waals surface area contributed by atoms with Crippen LogP contribution in [-0.4, -0.2) is 45.7 Å². The Morgan fingerprint density at radius 3 is 2.48 bits per heavy atom. The number of halogens is 4. The number of carbonyl (C=O) groups excluding carboxylic acids is 3. The Balaban J connectivity index is 1.61. The molecular weight excluding hydrogens is 638 g/mol. The Morgan fingerprint density at radius 2 is 1.80 bits per heavy atom. The van der Waals surface area contributed by atoms with Gasteiger partial charge in [0.25, 0.3) is 11.8 Å². The predicted molar refractivity (Wildman–Crippen MR) is 149 cm³/mol. The molecule has 8 nitrogen and oxygen atoms in total. The number of nitrogens with one attached hydrogen (secondary N) is 1. The smallest absolute Gasteiger partial charge is 0.252 e. The third-order valence-corrected chi connectivity index (χ3v) is 7.95. The Kier molecular flexibility index (Phi) is 8.06. The summed E-state index contributed by atoms with van der Waals surface area (Å²) in [6.45, 7) is 0. The van der Waals surface area contributed by atoms with Crippen molar-refractivity contribution in [3.05, 3.63) is 81.9 Å². The maximum atomic E-state index is 14.5. The van der Waals surface area contributed by atoms with Crippen molar-refractivity contribution < 1.29 is 27.6 Å². The molecule has 1 aliphatic heterocycles. The van der Waals surface area contributed by atoms with Gasteiger partial charge in [0.05, 0.1) is 0 Å². The summed E-state index contributed by atoms with van der Waals surface area (Å²) in [6.07, 6.45) is 2.72. The van der Waals surface area contributed by atoms with E-state index in [0.29, 0.717) is 15.6 Å². The van der Waals surface area contributed by atoms with E-state index in [-0.39, 0.29) is 30.4 Å². The topological polar surface area (TPSA) is 95.5 Å². The van der Waals surface area contributed by atoms with Gasteiger partial charge in [-0.3, -0.25) is 24.2 Å². The van der Waals surface area contributed by atoms with Crippen LogP contribution in [0.3, 0.4) is 0 Å². The fraction of sp³-hybridized carbons (Fsp3) is 0.321. The van der Waals surface area contributed by atoms with Gasteiger partial charge in [0, 0.05) is 47.0 Å². The lowest BCUT2D eigenvalue weighted by Crippen LogP contribution is -2.58. The summed E-state index contributed by atoms with van der Waals surface area (Å²) in [7, 11) is 0. The van der Waals surface area contributed by atoms with E-state index in [0.717, 1.165) is 11.0 Å². The minimum Gasteiger partial charge on any atom is -0.351 e. The normalized spacial score (nSPS) is 19.4. The van der Waals surface area contributed by atoms with Gasteiger partial charge in [-0.25, -0.2) is 23.1 Å². The number of amides is 3. The van der Waals surface area contributed by atoms with Crippen molar-refractivity contribution in [3.63, 3.8) is 0 Å². The van der Waals surface area contributed by atoms with Crippen LogP contribution in [0.25, 0.3) is 0 Å². The van der Waals surface area contributed by atoms with Gasteiger partial charge in [0.1, 0.15) is 17.9 Å². The van der Waals surface area contributed by atoms with E-state index in [9.17, 15) is 27.6 Å². The van der Waals surface area contributed by atoms with Crippen LogP contribution in [0.5, 0.6) is 0 Å². The van der Waals surface area contributed by atoms with Gasteiger partial charge in [-0.1, -0.05) is 24.3 Å². The van der Waals surface area contributed by atoms with E-state index < -0.39 is 54.5 Å². The molecule has 2 aliphatic rings. The van der Waals surface area contributed by atoms with Crippen molar-refractivity contribution >= 4 is 51.9 Å². The average molecular weight is 663 g/mol. The second kappa shape index (κ2) is 11.5. The fourth-order valence-electron chi connectivity index (χ4n) is 5.10. The van der Waals surface area contributed by atoms with Crippen molar-refractivity contribution in [2.75, 3.05) is 9.80 Å². The first-order valence-electron chi connectivity index (χ1n) is 12.7. The molecule has 2 fully saturated rings. The van der Waals surface area contributed by atoms with Crippen molar-refractivity contribution in [1.29, 1.82) is 0 Å². The SMILES string of the molecule is O=C(NC1CC(F)(F)C1)[C@@H](c1ccccc1I)N(C(=O)[C@@H]1CCCC(=O)N1c1ncccn1)c1cccc(F)c1. The molecule has 5 rings (SSSR count). The molecule has 1 N–H and O–H groups in total. The summed E-state index contributed by atoms with van der Waals surface area (Å²) in [5.41, 5.74) is 0.504. The van der Waals surface area contributed by atoms with Gasteiger partial charge < -0.3 is 5.32 Å². The average Bonchev–Trinajstić information content (AvgIpc) is 2.91. The molecule has 1 saturated carbocycles. The lowest BCUT2D eigenvalue weighted by Gasteiger charge is -2.41. The number of carbonyl (C=O) groups is 3. The zero-order valence-electron chi connectivity index (χ0n) is 21.1. The highest BCUT2D eigenvalue weighted by molar-refractivity contribution is 14.1. The number of anilines is 2. The van der Waals surface area contributed by atoms with Gasteiger partial charge in [-0.15, -0.1) is 0 Å². The van der Waals surface area contributed by atoms with E-state index in [4.69, 9.17) is 0 Å². The molecule has 0 unspecified atom stereocenters. The van der Waals surface area contributed by atoms with E-state index in [1.807, 2.05) is 22.6 Å². The van der Waals surface area contributed by atoms with E-state index in [1.165, 1.54) is 35.5 Å². The number of hydrogen-bond acceptors (Lipinski definition) is 5. The van der Waals surface area contributed by atoms with Crippen LogP contribution < -0.4 is 15.1 Å². The minimum atomic E-state index is -2.87. The maximum absolute atomic E-state index is 14.5. The number of benzene rings is 2. The summed E-state index contributed by atoms with van der Waals surface area (Å²) in [6, 6.07) is 10.5. The second-order valence-corrected chi connectivity index (χ2v) is 11.0. The quantitative estimate of drug-likeness (QED) is 0.367. The molecule has 2 aromatic carbocycles. The van der Waals surface area contributed by atoms with Crippen LogP contribution in [0.1, 0.15) is 43.7 Å². The molecule has 12 heteroatoms. The van der Waals surface area contributed by atoms with Crippen LogP contribution in [-0.2, 0) is 14.4 Å². The van der Waals surface area contributed by atoms with Crippen molar-refractivity contribution in [2.24, 2.45) is 0 Å². The van der Waals surface area contributed by atoms with Gasteiger partial charge in [0.2, 0.25) is 17.8 Å². The first-order valence-corrected chi connectivity index (χ1v) is 13.8. The van der Waals surface area contributed by atoms with Crippen molar-refractivity contribution in [2.45, 2.75) is 56.2 Å². The predicted octanol–water partition coefficient (Wildman–Crippen LogP) is 4.79. The number of aromatic nitrogens is 2. The number of hydrogen-bond donors (Lipinski definition) is 1. The molecule has 40 heavy (non-hydrogen) atoms. The molecule has 2 heterocycles. The maximum Gasteiger partial charge on any atom is 0.252 e. The lowest BCUT2D eigenvalue weighted by atomic mass is 9.87. The fourth-order valence-corrected chi connectivity index (χ4v) is 5.78. The lowest BCUT2D eigenvalue weighted by molar-refractivity contribution is -0.133. The summed E-state index contributed by atoms with van der Waals surface area (Å²) < 4.78 is 42.4. The summed E-state index contributed by atoms with van der Waals surface area (Å²) in [5.74, 6) is -5.17. The first-order chi connectivity index (χ1) is 19.1. The molecule has 2 atom stereocenters. The number of rotatable bonds is 7. The zero-order chi connectivity index (χ0) is 28.4. The molecule has 3 amide bonds. The third-order valence-electron chi connectivity index (χ3n) is 6.97. The van der Waals surface area contributed by atoms with E-state index >= 15 is 0 Å². The highest BCUT2D eigenvalue weighted by Crippen LogP contribution is 2.39. The van der Waals surface area contributed by atoms with Crippen LogP contribution in [0.4, 0.5) is 24.8 Å². The summed E-state index contributed by atoms with van der Waals surface area (Å²) in [5, 5.41) is 2.66. The van der Waals surface area contributed by atoms with Crippen LogP contribution >= 0.6 is 22.6 Å². The molecule has 208 valence electrons. The number of nitrogens with zero attached hydrogens (tertiary/aromatic N) is 4. The van der Waals surface area contributed by atoms with Gasteiger partial charge in [-0.05, 0) is 71.3 Å². The highest BCUT2D eigenvalue weighted by atomic mass is 127. The molecule has 0 spiro atoms. The highest BCUT2D eigenvalue weighted by Gasteiger charge is 2.48. The molecule has 1 aromatic heterocycles. The monoisotopic (exact) mass is 663 g/mol. The third kappa shape index (κ3) is 5.81. The van der Waals surface area contributed by atoms with E-state index in [1.54, 1.807) is 30.3 Å². The molecule has 0 radical (unpaired) electrons. The molecule has 1 aliphatic carbocycles. The second-order valence-electron chi connectivity index (χ2n) is 9.80. The Morgan fingerprint density at radius 1 is 1.07 bits per heavy atom. The van der Waals surface area contributed by atoms with E-state index in [2.05, 4.69) is 15.3 Å². The number of alkyl halides is 2. The minimum absolute atomic E-state index is 0.0386. The Hall–Kier alpha value is -3.55. The number of piperidine rings is 1. The van der Waals surface area contributed by atoms with Crippen LogP contribution in [0.2, 0.25) is 0 Å². The molecule has 0 bridgehead atoms. The largest absolute Gasteiger partial charge is 0.351 e. The standard InChI is InChI=1S/C28H25F3IN5O3/c29-17-6-3-7-19(14-17)36(26(40)22-10-4-11-23(38)37(22)27-33-12-5-13-34-27)24(20-8-1-2-9-21(20)32)25(39)35-18-15-28(30,31)16-18/h1-3,5-9,12-14,18,22,24H,4,10-11,15-16H2,(H,35,39)/t22-,24+/m0/s1. The summed E-state index contributed by atoms with van der Waals surface area (Å²) in [4.78, 5) is 52.1. The first kappa shape index (κ1) is 28.0. The molecule has 3 aromatic rings. The Labute approximate surface area is 242 Å². The Bertz CT molecular complexity index is 1420. The van der Waals surface area contributed by atoms with Crippen molar-refractivity contribution in [3.8, 4) is 0 Å². The molecular formula is C28H25F3IN5O3. The zero-order valence-corrected chi connectivity index (χ0v) is 23.3. The summed E-state index contributed by atoms with van der Waals surface area (Å²) >= 11 is 2.03. The van der Waals surface area contributed by atoms with Crippen molar-refractivity contribution in [1.82, 2.24) is 15.3 Å².